The molecule has 6 nitrogen and oxygen atoms in total. The van der Waals surface area contributed by atoms with Gasteiger partial charge in [0, 0.05) is 5.56 Å². The molecule has 1 saturated heterocycles. The molecular weight excluding hydrogens is 286 g/mol. The molecule has 0 aromatic heterocycles. The third-order valence-corrected chi connectivity index (χ3v) is 3.88. The highest BCUT2D eigenvalue weighted by molar-refractivity contribution is 5.83. The molecule has 2 atom stereocenters. The van der Waals surface area contributed by atoms with Crippen LogP contribution >= 0.6 is 0 Å². The first-order chi connectivity index (χ1) is 10.2. The minimum absolute atomic E-state index is 0.0508. The molecule has 22 heavy (non-hydrogen) atoms. The van der Waals surface area contributed by atoms with Gasteiger partial charge in [0.1, 0.15) is 11.7 Å². The Hall–Kier alpha value is -2.08. The van der Waals surface area contributed by atoms with E-state index in [0.717, 1.165) is 5.56 Å². The monoisotopic (exact) mass is 305 g/mol. The molecular formula is C16H19NO5. The fourth-order valence-corrected chi connectivity index (χ4v) is 3.01. The van der Waals surface area contributed by atoms with Crippen molar-refractivity contribution in [3.63, 3.8) is 0 Å². The summed E-state index contributed by atoms with van der Waals surface area (Å²) < 4.78 is 11.1. The molecule has 2 unspecified atom stereocenters. The van der Waals surface area contributed by atoms with Crippen LogP contribution in [0.2, 0.25) is 0 Å². The molecule has 1 aromatic carbocycles. The van der Waals surface area contributed by atoms with Crippen molar-refractivity contribution in [2.75, 3.05) is 13.1 Å². The quantitative estimate of drug-likeness (QED) is 0.861. The highest BCUT2D eigenvalue weighted by Gasteiger charge is 2.56. The Morgan fingerprint density at radius 3 is 2.68 bits per heavy atom. The van der Waals surface area contributed by atoms with Gasteiger partial charge in [0.25, 0.3) is 0 Å². The van der Waals surface area contributed by atoms with Gasteiger partial charge >= 0.3 is 12.1 Å². The summed E-state index contributed by atoms with van der Waals surface area (Å²) in [7, 11) is 0. The summed E-state index contributed by atoms with van der Waals surface area (Å²) in [6.45, 7) is 5.58. The largest absolute Gasteiger partial charge is 0.479 e. The number of ether oxygens (including phenoxy) is 2. The summed E-state index contributed by atoms with van der Waals surface area (Å²) in [5.74, 6) is -1.09. The van der Waals surface area contributed by atoms with E-state index in [1.54, 1.807) is 32.9 Å². The Bertz CT molecular complexity index is 636. The molecule has 2 bridgehead atoms. The lowest BCUT2D eigenvalue weighted by Crippen LogP contribution is -2.53. The van der Waals surface area contributed by atoms with Crippen LogP contribution in [0.4, 0.5) is 4.79 Å². The third kappa shape index (κ3) is 2.23. The van der Waals surface area contributed by atoms with Crippen molar-refractivity contribution in [3.8, 4) is 0 Å². The lowest BCUT2D eigenvalue weighted by molar-refractivity contribution is -0.186. The number of hydrogen-bond donors (Lipinski definition) is 1. The SMILES string of the molecule is CC(C)(C)OC(=O)N1CC2OC(C(=O)O)(C1)c1ccccc12. The Kier molecular flexibility index (Phi) is 3.18. The molecule has 0 spiro atoms. The van der Waals surface area contributed by atoms with Crippen LogP contribution in [0.25, 0.3) is 0 Å². The molecule has 0 saturated carbocycles. The smallest absolute Gasteiger partial charge is 0.410 e. The summed E-state index contributed by atoms with van der Waals surface area (Å²) in [5, 5.41) is 9.69. The zero-order valence-electron chi connectivity index (χ0n) is 12.8. The summed E-state index contributed by atoms with van der Waals surface area (Å²) in [6.07, 6.45) is -0.951. The minimum atomic E-state index is -1.50. The van der Waals surface area contributed by atoms with Crippen molar-refractivity contribution in [1.82, 2.24) is 4.90 Å². The normalized spacial score (nSPS) is 26.5. The maximum Gasteiger partial charge on any atom is 0.410 e. The van der Waals surface area contributed by atoms with Crippen LogP contribution < -0.4 is 0 Å². The lowest BCUT2D eigenvalue weighted by atomic mass is 9.92. The molecule has 3 rings (SSSR count). The van der Waals surface area contributed by atoms with Gasteiger partial charge < -0.3 is 19.5 Å². The van der Waals surface area contributed by atoms with E-state index in [9.17, 15) is 14.7 Å². The average molecular weight is 305 g/mol. The number of fused-ring (bicyclic) bond motifs is 5. The number of aliphatic carboxylic acids is 1. The van der Waals surface area contributed by atoms with E-state index in [1.165, 1.54) is 4.90 Å². The number of rotatable bonds is 1. The first kappa shape index (κ1) is 14.8. The summed E-state index contributed by atoms with van der Waals surface area (Å²) >= 11 is 0. The molecule has 2 aliphatic rings. The maximum absolute atomic E-state index is 12.3. The summed E-state index contributed by atoms with van der Waals surface area (Å²) in [4.78, 5) is 25.6. The number of carbonyl (C=O) groups excluding carboxylic acids is 1. The van der Waals surface area contributed by atoms with Crippen molar-refractivity contribution in [2.45, 2.75) is 38.1 Å². The number of benzene rings is 1. The van der Waals surface area contributed by atoms with Gasteiger partial charge in [0.15, 0.2) is 0 Å². The minimum Gasteiger partial charge on any atom is -0.479 e. The van der Waals surface area contributed by atoms with Crippen LogP contribution in [-0.4, -0.2) is 40.8 Å². The van der Waals surface area contributed by atoms with Crippen LogP contribution in [0.1, 0.15) is 38.0 Å². The predicted molar refractivity (Wildman–Crippen MR) is 77.4 cm³/mol. The number of morpholine rings is 1. The van der Waals surface area contributed by atoms with Gasteiger partial charge in [-0.2, -0.15) is 0 Å². The first-order valence-corrected chi connectivity index (χ1v) is 7.21. The lowest BCUT2D eigenvalue weighted by Gasteiger charge is -2.38. The predicted octanol–water partition coefficient (Wildman–Crippen LogP) is 2.29. The highest BCUT2D eigenvalue weighted by atomic mass is 16.6. The number of carbonyl (C=O) groups is 2. The molecule has 2 heterocycles. The van der Waals surface area contributed by atoms with Gasteiger partial charge in [0.05, 0.1) is 13.1 Å². The molecule has 1 aromatic rings. The van der Waals surface area contributed by atoms with Gasteiger partial charge in [-0.25, -0.2) is 9.59 Å². The second kappa shape index (κ2) is 4.71. The second-order valence-corrected chi connectivity index (χ2v) is 6.69. The molecule has 0 aliphatic carbocycles. The van der Waals surface area contributed by atoms with Gasteiger partial charge in [-0.15, -0.1) is 0 Å². The first-order valence-electron chi connectivity index (χ1n) is 7.21. The Morgan fingerprint density at radius 1 is 1.36 bits per heavy atom. The van der Waals surface area contributed by atoms with Crippen LogP contribution in [0.3, 0.4) is 0 Å². The molecule has 1 amide bonds. The number of carboxylic acids is 1. The van der Waals surface area contributed by atoms with Crippen molar-refractivity contribution < 1.29 is 24.2 Å². The van der Waals surface area contributed by atoms with E-state index in [-0.39, 0.29) is 6.54 Å². The van der Waals surface area contributed by atoms with Crippen LogP contribution in [-0.2, 0) is 19.9 Å². The molecule has 118 valence electrons. The zero-order chi connectivity index (χ0) is 16.1. The zero-order valence-corrected chi connectivity index (χ0v) is 12.8. The molecule has 1 N–H and O–H groups in total. The Balaban J connectivity index is 1.95. The van der Waals surface area contributed by atoms with Crippen LogP contribution in [0.5, 0.6) is 0 Å². The van der Waals surface area contributed by atoms with Crippen LogP contribution in [0.15, 0.2) is 24.3 Å². The van der Waals surface area contributed by atoms with E-state index < -0.39 is 29.4 Å². The second-order valence-electron chi connectivity index (χ2n) is 6.69. The van der Waals surface area contributed by atoms with E-state index >= 15 is 0 Å². The topological polar surface area (TPSA) is 76.1 Å². The van der Waals surface area contributed by atoms with E-state index in [1.807, 2.05) is 12.1 Å². The highest BCUT2D eigenvalue weighted by Crippen LogP contribution is 2.48. The van der Waals surface area contributed by atoms with E-state index in [2.05, 4.69) is 0 Å². The van der Waals surface area contributed by atoms with Crippen LogP contribution in [0, 0.1) is 0 Å². The van der Waals surface area contributed by atoms with E-state index in [4.69, 9.17) is 9.47 Å². The molecule has 1 fully saturated rings. The standard InChI is InChI=1S/C16H19NO5/c1-15(2,3)22-14(20)17-8-12-10-6-4-5-7-11(10)16(9-17,21-12)13(18)19/h4-7,12H,8-9H2,1-3H3,(H,18,19). The molecule has 6 heteroatoms. The van der Waals surface area contributed by atoms with Crippen molar-refractivity contribution in [2.24, 2.45) is 0 Å². The van der Waals surface area contributed by atoms with Crippen molar-refractivity contribution in [1.29, 1.82) is 0 Å². The van der Waals surface area contributed by atoms with Gasteiger partial charge in [-0.05, 0) is 26.3 Å². The van der Waals surface area contributed by atoms with Gasteiger partial charge in [-0.1, -0.05) is 24.3 Å². The van der Waals surface area contributed by atoms with E-state index in [0.29, 0.717) is 12.1 Å². The average Bonchev–Trinajstić information content (AvgIpc) is 2.67. The fourth-order valence-electron chi connectivity index (χ4n) is 3.01. The number of nitrogens with zero attached hydrogens (tertiary/aromatic N) is 1. The van der Waals surface area contributed by atoms with Crippen molar-refractivity contribution in [3.05, 3.63) is 35.4 Å². The number of carboxylic acid groups (broad SMARTS) is 1. The number of amides is 1. The van der Waals surface area contributed by atoms with Crippen molar-refractivity contribution >= 4 is 12.1 Å². The molecule has 2 aliphatic heterocycles. The Labute approximate surface area is 128 Å². The van der Waals surface area contributed by atoms with Gasteiger partial charge in [-0.3, -0.25) is 0 Å². The third-order valence-electron chi connectivity index (χ3n) is 3.88. The maximum atomic E-state index is 12.3. The summed E-state index contributed by atoms with van der Waals surface area (Å²) in [5.41, 5.74) is -0.678. The summed E-state index contributed by atoms with van der Waals surface area (Å²) in [6, 6.07) is 7.23. The van der Waals surface area contributed by atoms with Gasteiger partial charge in [0.2, 0.25) is 5.60 Å². The number of hydrogen-bond acceptors (Lipinski definition) is 4. The fraction of sp³-hybridized carbons (Fsp3) is 0.500. The Morgan fingerprint density at radius 2 is 2.05 bits per heavy atom. The molecule has 0 radical (unpaired) electrons.